The number of benzene rings is 3. The minimum Gasteiger partial charge on any atom is -0.383 e. The molecule has 1 N–H and O–H groups in total. The molecule has 1 aromatic heterocycles. The summed E-state index contributed by atoms with van der Waals surface area (Å²) in [5.74, 6) is 1.54. The van der Waals surface area contributed by atoms with Crippen molar-refractivity contribution in [2.75, 3.05) is 20.3 Å². The highest BCUT2D eigenvalue weighted by atomic mass is 32.2. The Morgan fingerprint density at radius 2 is 1.68 bits per heavy atom. The molecule has 1 amide bonds. The first kappa shape index (κ1) is 23.7. The Morgan fingerprint density at radius 3 is 2.41 bits per heavy atom. The molecule has 0 aliphatic heterocycles. The Morgan fingerprint density at radius 1 is 0.941 bits per heavy atom. The Hall–Kier alpha value is -3.42. The molecule has 6 nitrogen and oxygen atoms in total. The highest BCUT2D eigenvalue weighted by molar-refractivity contribution is 7.98. The maximum absolute atomic E-state index is 12.2. The van der Waals surface area contributed by atoms with E-state index in [0.717, 1.165) is 28.0 Å². The van der Waals surface area contributed by atoms with Gasteiger partial charge in [0.05, 0.1) is 12.3 Å². The molecular formula is C27H28N4O2S. The van der Waals surface area contributed by atoms with Crippen molar-refractivity contribution < 1.29 is 9.53 Å². The maximum Gasteiger partial charge on any atom is 0.251 e. The predicted molar refractivity (Wildman–Crippen MR) is 136 cm³/mol. The molecule has 0 spiro atoms. The quantitative estimate of drug-likeness (QED) is 0.264. The average molecular weight is 473 g/mol. The molecule has 3 aromatic carbocycles. The Balaban J connectivity index is 1.52. The van der Waals surface area contributed by atoms with Crippen LogP contribution in [0.1, 0.15) is 32.9 Å². The van der Waals surface area contributed by atoms with E-state index < -0.39 is 0 Å². The number of amides is 1. The van der Waals surface area contributed by atoms with E-state index in [1.165, 1.54) is 11.1 Å². The molecule has 174 valence electrons. The fraction of sp³-hybridized carbons (Fsp3) is 0.222. The number of nitrogens with one attached hydrogen (secondary N) is 1. The lowest BCUT2D eigenvalue weighted by Crippen LogP contribution is -2.26. The van der Waals surface area contributed by atoms with E-state index in [-0.39, 0.29) is 5.91 Å². The van der Waals surface area contributed by atoms with Crippen LogP contribution in [-0.4, -0.2) is 40.9 Å². The number of nitrogens with zero attached hydrogens (tertiary/aromatic N) is 3. The van der Waals surface area contributed by atoms with Crippen molar-refractivity contribution in [2.24, 2.45) is 0 Å². The number of hydrogen-bond donors (Lipinski definition) is 1. The second-order valence-corrected chi connectivity index (χ2v) is 8.86. The largest absolute Gasteiger partial charge is 0.383 e. The van der Waals surface area contributed by atoms with Crippen LogP contribution in [0.15, 0.2) is 84.0 Å². The molecule has 7 heteroatoms. The molecule has 4 rings (SSSR count). The smallest absolute Gasteiger partial charge is 0.251 e. The van der Waals surface area contributed by atoms with E-state index in [1.54, 1.807) is 18.9 Å². The van der Waals surface area contributed by atoms with Gasteiger partial charge in [-0.2, -0.15) is 0 Å². The van der Waals surface area contributed by atoms with Crippen molar-refractivity contribution in [1.29, 1.82) is 0 Å². The van der Waals surface area contributed by atoms with Gasteiger partial charge in [0.15, 0.2) is 5.16 Å². The Kier molecular flexibility index (Phi) is 8.12. The first-order valence-electron chi connectivity index (χ1n) is 11.2. The van der Waals surface area contributed by atoms with Gasteiger partial charge in [0.25, 0.3) is 5.91 Å². The van der Waals surface area contributed by atoms with Gasteiger partial charge in [-0.1, -0.05) is 72.4 Å². The number of carbonyl (C=O) groups excluding carboxylic acids is 1. The summed E-state index contributed by atoms with van der Waals surface area (Å²) in [5, 5.41) is 12.8. The summed E-state index contributed by atoms with van der Waals surface area (Å²) in [4.78, 5) is 12.2. The monoisotopic (exact) mass is 472 g/mol. The third kappa shape index (κ3) is 5.92. The molecule has 34 heavy (non-hydrogen) atoms. The second kappa shape index (κ2) is 11.6. The fourth-order valence-corrected chi connectivity index (χ4v) is 4.53. The minimum atomic E-state index is -0.0962. The SMILES string of the molecule is COCCNC(=O)c1ccc(CSc2nnc(Cc3ccccc3)n2-c2ccccc2C)cc1. The topological polar surface area (TPSA) is 69.0 Å². The molecule has 0 unspecified atom stereocenters. The number of methoxy groups -OCH3 is 1. The van der Waals surface area contributed by atoms with Crippen LogP contribution in [0.4, 0.5) is 0 Å². The number of aromatic nitrogens is 3. The van der Waals surface area contributed by atoms with Gasteiger partial charge >= 0.3 is 0 Å². The molecule has 0 saturated heterocycles. The van der Waals surface area contributed by atoms with E-state index in [1.807, 2.05) is 54.6 Å². The molecular weight excluding hydrogens is 444 g/mol. The fourth-order valence-electron chi connectivity index (χ4n) is 3.61. The lowest BCUT2D eigenvalue weighted by molar-refractivity contribution is 0.0937. The van der Waals surface area contributed by atoms with Crippen LogP contribution in [0, 0.1) is 6.92 Å². The number of ether oxygens (including phenoxy) is 1. The van der Waals surface area contributed by atoms with E-state index in [4.69, 9.17) is 4.74 Å². The standard InChI is InChI=1S/C27H28N4O2S/c1-20-8-6-7-11-24(20)31-25(18-21-9-4-3-5-10-21)29-30-27(31)34-19-22-12-14-23(15-13-22)26(32)28-16-17-33-2/h3-15H,16-19H2,1-2H3,(H,28,32). The molecule has 0 aliphatic carbocycles. The lowest BCUT2D eigenvalue weighted by atomic mass is 10.1. The summed E-state index contributed by atoms with van der Waals surface area (Å²) < 4.78 is 7.13. The van der Waals surface area contributed by atoms with Crippen LogP contribution in [0.25, 0.3) is 5.69 Å². The number of carbonyl (C=O) groups is 1. The summed E-state index contributed by atoms with van der Waals surface area (Å²) in [5.41, 5.74) is 5.20. The number of hydrogen-bond acceptors (Lipinski definition) is 5. The van der Waals surface area contributed by atoms with Crippen LogP contribution in [0.5, 0.6) is 0 Å². The van der Waals surface area contributed by atoms with Crippen molar-refractivity contribution in [2.45, 2.75) is 24.3 Å². The number of rotatable bonds is 10. The van der Waals surface area contributed by atoms with E-state index in [2.05, 4.69) is 51.3 Å². The highest BCUT2D eigenvalue weighted by Crippen LogP contribution is 2.28. The van der Waals surface area contributed by atoms with Gasteiger partial charge in [-0.3, -0.25) is 9.36 Å². The Labute approximate surface area is 204 Å². The normalized spacial score (nSPS) is 10.9. The highest BCUT2D eigenvalue weighted by Gasteiger charge is 2.16. The zero-order valence-corrected chi connectivity index (χ0v) is 20.2. The van der Waals surface area contributed by atoms with Crippen molar-refractivity contribution in [3.05, 3.63) is 107 Å². The van der Waals surface area contributed by atoms with Crippen molar-refractivity contribution in [1.82, 2.24) is 20.1 Å². The first-order chi connectivity index (χ1) is 16.7. The molecule has 0 radical (unpaired) electrons. The summed E-state index contributed by atoms with van der Waals surface area (Å²) >= 11 is 1.64. The van der Waals surface area contributed by atoms with Gasteiger partial charge in [-0.15, -0.1) is 10.2 Å². The number of aryl methyl sites for hydroxylation is 1. The second-order valence-electron chi connectivity index (χ2n) is 7.92. The summed E-state index contributed by atoms with van der Waals surface area (Å²) in [6.45, 7) is 3.09. The molecule has 0 saturated carbocycles. The predicted octanol–water partition coefficient (Wildman–Crippen LogP) is 4.84. The van der Waals surface area contributed by atoms with Crippen LogP contribution < -0.4 is 5.32 Å². The third-order valence-electron chi connectivity index (χ3n) is 5.44. The molecule has 0 aliphatic rings. The molecule has 0 fully saturated rings. The molecule has 1 heterocycles. The van der Waals surface area contributed by atoms with Gasteiger partial charge in [0, 0.05) is 31.4 Å². The van der Waals surface area contributed by atoms with Crippen LogP contribution in [-0.2, 0) is 16.9 Å². The van der Waals surface area contributed by atoms with E-state index in [9.17, 15) is 4.79 Å². The van der Waals surface area contributed by atoms with E-state index >= 15 is 0 Å². The zero-order chi connectivity index (χ0) is 23.8. The van der Waals surface area contributed by atoms with E-state index in [0.29, 0.717) is 25.1 Å². The number of para-hydroxylation sites is 1. The molecule has 4 aromatic rings. The number of thioether (sulfide) groups is 1. The van der Waals surface area contributed by atoms with Crippen molar-refractivity contribution in [3.63, 3.8) is 0 Å². The maximum atomic E-state index is 12.2. The zero-order valence-electron chi connectivity index (χ0n) is 19.4. The first-order valence-corrected chi connectivity index (χ1v) is 12.2. The van der Waals surface area contributed by atoms with Crippen LogP contribution in [0.2, 0.25) is 0 Å². The van der Waals surface area contributed by atoms with Crippen molar-refractivity contribution in [3.8, 4) is 5.69 Å². The van der Waals surface area contributed by atoms with Gasteiger partial charge in [-0.25, -0.2) is 0 Å². The molecule has 0 atom stereocenters. The van der Waals surface area contributed by atoms with Crippen molar-refractivity contribution >= 4 is 17.7 Å². The van der Waals surface area contributed by atoms with Gasteiger partial charge in [0.1, 0.15) is 5.82 Å². The van der Waals surface area contributed by atoms with Crippen LogP contribution >= 0.6 is 11.8 Å². The Bertz CT molecular complexity index is 1220. The van der Waals surface area contributed by atoms with Gasteiger partial charge in [-0.05, 0) is 41.8 Å². The summed E-state index contributed by atoms with van der Waals surface area (Å²) in [7, 11) is 1.61. The van der Waals surface area contributed by atoms with Gasteiger partial charge < -0.3 is 10.1 Å². The molecule has 0 bridgehead atoms. The third-order valence-corrected chi connectivity index (χ3v) is 6.44. The average Bonchev–Trinajstić information content (AvgIpc) is 3.26. The lowest BCUT2D eigenvalue weighted by Gasteiger charge is -2.13. The van der Waals surface area contributed by atoms with Crippen LogP contribution in [0.3, 0.4) is 0 Å². The minimum absolute atomic E-state index is 0.0962. The summed E-state index contributed by atoms with van der Waals surface area (Å²) in [6, 6.07) is 26.3. The summed E-state index contributed by atoms with van der Waals surface area (Å²) in [6.07, 6.45) is 0.704. The van der Waals surface area contributed by atoms with Gasteiger partial charge in [0.2, 0.25) is 0 Å².